The lowest BCUT2D eigenvalue weighted by atomic mass is 10.2. The van der Waals surface area contributed by atoms with Crippen LogP contribution in [-0.2, 0) is 6.18 Å². The van der Waals surface area contributed by atoms with Crippen molar-refractivity contribution in [1.82, 2.24) is 5.32 Å². The summed E-state index contributed by atoms with van der Waals surface area (Å²) >= 11 is 5.66. The van der Waals surface area contributed by atoms with E-state index in [9.17, 15) is 31.5 Å². The molecule has 132 valence electrons. The molecular weight excluding hydrogens is 371 g/mol. The van der Waals surface area contributed by atoms with E-state index < -0.39 is 35.3 Å². The van der Waals surface area contributed by atoms with E-state index in [0.717, 1.165) is 24.3 Å². The monoisotopic (exact) mass is 378 g/mol. The van der Waals surface area contributed by atoms with Gasteiger partial charge in [-0.2, -0.15) is 13.2 Å². The average Bonchev–Trinajstić information content (AvgIpc) is 2.45. The van der Waals surface area contributed by atoms with Crippen LogP contribution in [0.3, 0.4) is 0 Å². The number of amides is 3. The summed E-state index contributed by atoms with van der Waals surface area (Å²) in [7, 11) is 0. The van der Waals surface area contributed by atoms with Crippen molar-refractivity contribution in [3.63, 3.8) is 0 Å². The Morgan fingerprint density at radius 2 is 1.68 bits per heavy atom. The number of hydrogen-bond donors (Lipinski definition) is 2. The molecule has 0 saturated heterocycles. The highest BCUT2D eigenvalue weighted by molar-refractivity contribution is 6.34. The van der Waals surface area contributed by atoms with Crippen LogP contribution in [-0.4, -0.2) is 11.9 Å². The molecular formula is C15H8ClF5N2O2. The fourth-order valence-electron chi connectivity index (χ4n) is 1.83. The summed E-state index contributed by atoms with van der Waals surface area (Å²) in [6.45, 7) is 0. The molecule has 2 rings (SSSR count). The number of carbonyl (C=O) groups excluding carboxylic acids is 2. The van der Waals surface area contributed by atoms with Gasteiger partial charge in [0.2, 0.25) is 0 Å². The molecule has 0 saturated carbocycles. The Labute approximate surface area is 142 Å². The average molecular weight is 379 g/mol. The fourth-order valence-corrected chi connectivity index (χ4v) is 2.08. The number of alkyl halides is 3. The second-order valence-electron chi connectivity index (χ2n) is 4.72. The molecule has 0 aliphatic carbocycles. The number of anilines is 1. The van der Waals surface area contributed by atoms with Gasteiger partial charge in [0.25, 0.3) is 5.91 Å². The number of hydrogen-bond acceptors (Lipinski definition) is 2. The Morgan fingerprint density at radius 3 is 2.24 bits per heavy atom. The number of carbonyl (C=O) groups is 2. The molecule has 3 amide bonds. The van der Waals surface area contributed by atoms with E-state index in [-0.39, 0.29) is 16.3 Å². The first-order valence-corrected chi connectivity index (χ1v) is 6.90. The first-order chi connectivity index (χ1) is 11.6. The molecule has 0 aromatic heterocycles. The van der Waals surface area contributed by atoms with Gasteiger partial charge in [-0.05, 0) is 36.4 Å². The molecule has 0 atom stereocenters. The van der Waals surface area contributed by atoms with Crippen molar-refractivity contribution in [2.45, 2.75) is 6.18 Å². The Bertz CT molecular complexity index is 839. The van der Waals surface area contributed by atoms with Crippen LogP contribution < -0.4 is 10.6 Å². The topological polar surface area (TPSA) is 58.2 Å². The van der Waals surface area contributed by atoms with Crippen molar-refractivity contribution in [2.75, 3.05) is 5.32 Å². The van der Waals surface area contributed by atoms with E-state index in [0.29, 0.717) is 12.1 Å². The van der Waals surface area contributed by atoms with E-state index in [2.05, 4.69) is 0 Å². The molecule has 0 fully saturated rings. The van der Waals surface area contributed by atoms with Gasteiger partial charge in [-0.1, -0.05) is 11.6 Å². The Kier molecular flexibility index (Phi) is 5.27. The summed E-state index contributed by atoms with van der Waals surface area (Å²) in [4.78, 5) is 23.5. The van der Waals surface area contributed by atoms with Crippen molar-refractivity contribution in [3.8, 4) is 0 Å². The lowest BCUT2D eigenvalue weighted by molar-refractivity contribution is -0.139. The van der Waals surface area contributed by atoms with Gasteiger partial charge in [0.15, 0.2) is 0 Å². The third kappa shape index (κ3) is 4.66. The maximum Gasteiger partial charge on any atom is 0.419 e. The predicted molar refractivity (Wildman–Crippen MR) is 79.3 cm³/mol. The zero-order chi connectivity index (χ0) is 18.8. The highest BCUT2D eigenvalue weighted by Gasteiger charge is 2.34. The Morgan fingerprint density at radius 1 is 1.00 bits per heavy atom. The summed E-state index contributed by atoms with van der Waals surface area (Å²) in [5, 5.41) is 3.58. The Hall–Kier alpha value is -2.68. The van der Waals surface area contributed by atoms with Crippen LogP contribution in [0, 0.1) is 11.6 Å². The predicted octanol–water partition coefficient (Wildman–Crippen LogP) is 4.60. The molecule has 0 spiro atoms. The quantitative estimate of drug-likeness (QED) is 0.750. The second kappa shape index (κ2) is 7.06. The van der Waals surface area contributed by atoms with E-state index in [1.165, 1.54) is 0 Å². The molecule has 4 nitrogen and oxygen atoms in total. The molecule has 2 aromatic carbocycles. The number of halogens is 6. The lowest BCUT2D eigenvalue weighted by Crippen LogP contribution is -2.34. The molecule has 0 bridgehead atoms. The molecule has 0 unspecified atom stereocenters. The maximum absolute atomic E-state index is 13.4. The Balaban J connectivity index is 2.07. The van der Waals surface area contributed by atoms with Gasteiger partial charge in [0.1, 0.15) is 11.6 Å². The van der Waals surface area contributed by atoms with Gasteiger partial charge in [-0.3, -0.25) is 10.1 Å². The SMILES string of the molecule is O=C(NC(=O)c1ccc(F)cc1Cl)Nc1ccc(C(F)(F)F)c(F)c1. The largest absolute Gasteiger partial charge is 0.419 e. The zero-order valence-corrected chi connectivity index (χ0v) is 12.8. The van der Waals surface area contributed by atoms with E-state index >= 15 is 0 Å². The van der Waals surface area contributed by atoms with E-state index in [4.69, 9.17) is 11.6 Å². The van der Waals surface area contributed by atoms with Crippen LogP contribution in [0.15, 0.2) is 36.4 Å². The first kappa shape index (κ1) is 18.7. The number of imide groups is 1. The van der Waals surface area contributed by atoms with Gasteiger partial charge in [-0.25, -0.2) is 13.6 Å². The summed E-state index contributed by atoms with van der Waals surface area (Å²) in [5.41, 5.74) is -1.99. The minimum atomic E-state index is -4.87. The normalized spacial score (nSPS) is 11.1. The van der Waals surface area contributed by atoms with Gasteiger partial charge >= 0.3 is 12.2 Å². The summed E-state index contributed by atoms with van der Waals surface area (Å²) in [6, 6.07) is 3.44. The van der Waals surface area contributed by atoms with Crippen LogP contribution in [0.25, 0.3) is 0 Å². The van der Waals surface area contributed by atoms with Crippen LogP contribution in [0.2, 0.25) is 5.02 Å². The zero-order valence-electron chi connectivity index (χ0n) is 12.0. The van der Waals surface area contributed by atoms with Gasteiger partial charge in [0, 0.05) is 5.69 Å². The smallest absolute Gasteiger partial charge is 0.308 e. The van der Waals surface area contributed by atoms with Crippen LogP contribution in [0.5, 0.6) is 0 Å². The number of urea groups is 1. The lowest BCUT2D eigenvalue weighted by Gasteiger charge is -2.11. The summed E-state index contributed by atoms with van der Waals surface area (Å²) in [6.07, 6.45) is -4.87. The molecule has 25 heavy (non-hydrogen) atoms. The van der Waals surface area contributed by atoms with E-state index in [1.807, 2.05) is 10.6 Å². The highest BCUT2D eigenvalue weighted by atomic mass is 35.5. The van der Waals surface area contributed by atoms with Crippen molar-refractivity contribution in [3.05, 3.63) is 64.2 Å². The van der Waals surface area contributed by atoms with Crippen LogP contribution in [0.1, 0.15) is 15.9 Å². The van der Waals surface area contributed by atoms with Crippen molar-refractivity contribution in [2.24, 2.45) is 0 Å². The third-order valence-corrected chi connectivity index (χ3v) is 3.25. The van der Waals surface area contributed by atoms with Crippen LogP contribution >= 0.6 is 11.6 Å². The molecule has 0 aliphatic heterocycles. The maximum atomic E-state index is 13.4. The fraction of sp³-hybridized carbons (Fsp3) is 0.0667. The van der Waals surface area contributed by atoms with Gasteiger partial charge in [0.05, 0.1) is 16.1 Å². The second-order valence-corrected chi connectivity index (χ2v) is 5.13. The highest BCUT2D eigenvalue weighted by Crippen LogP contribution is 2.32. The minimum absolute atomic E-state index is 0.197. The van der Waals surface area contributed by atoms with Crippen molar-refractivity contribution < 1.29 is 31.5 Å². The standard InChI is InChI=1S/C15H8ClF5N2O2/c16-11-5-7(17)1-3-9(11)13(24)23-14(25)22-8-2-4-10(12(18)6-8)15(19,20)21/h1-6H,(H2,22,23,24,25). The first-order valence-electron chi connectivity index (χ1n) is 6.52. The van der Waals surface area contributed by atoms with Crippen LogP contribution in [0.4, 0.5) is 32.4 Å². The molecule has 0 aliphatic rings. The summed E-state index contributed by atoms with van der Waals surface area (Å²) < 4.78 is 63.6. The number of nitrogens with one attached hydrogen (secondary N) is 2. The molecule has 2 aromatic rings. The number of benzene rings is 2. The molecule has 2 N–H and O–H groups in total. The molecule has 10 heteroatoms. The van der Waals surface area contributed by atoms with Crippen molar-refractivity contribution >= 4 is 29.2 Å². The molecule has 0 radical (unpaired) electrons. The minimum Gasteiger partial charge on any atom is -0.308 e. The summed E-state index contributed by atoms with van der Waals surface area (Å²) in [5.74, 6) is -3.25. The molecule has 0 heterocycles. The van der Waals surface area contributed by atoms with Gasteiger partial charge < -0.3 is 5.32 Å². The van der Waals surface area contributed by atoms with Gasteiger partial charge in [-0.15, -0.1) is 0 Å². The third-order valence-electron chi connectivity index (χ3n) is 2.94. The van der Waals surface area contributed by atoms with E-state index in [1.54, 1.807) is 0 Å². The van der Waals surface area contributed by atoms with Crippen molar-refractivity contribution in [1.29, 1.82) is 0 Å². The number of rotatable bonds is 2.